The average molecular weight is 289 g/mol. The molecule has 0 radical (unpaired) electrons. The molecule has 2 unspecified atom stereocenters. The van der Waals surface area contributed by atoms with Crippen LogP contribution in [0.15, 0.2) is 18.2 Å². The fraction of sp³-hybridized carbons (Fsp3) is 0.471. The van der Waals surface area contributed by atoms with E-state index in [1.54, 1.807) is 0 Å². The number of hydrogen-bond donors (Lipinski definition) is 2. The third-order valence-electron chi connectivity index (χ3n) is 3.58. The number of benzene rings is 1. The Morgan fingerprint density at radius 2 is 2.33 bits per heavy atom. The molecule has 0 aromatic heterocycles. The Hall–Kier alpha value is -1.86. The van der Waals surface area contributed by atoms with Crippen molar-refractivity contribution in [2.75, 3.05) is 6.61 Å². The minimum absolute atomic E-state index is 0.0119. The quantitative estimate of drug-likeness (QED) is 0.818. The molecule has 1 aromatic carbocycles. The van der Waals surface area contributed by atoms with Crippen molar-refractivity contribution in [2.24, 2.45) is 5.92 Å². The van der Waals surface area contributed by atoms with Crippen LogP contribution in [0, 0.1) is 23.6 Å². The summed E-state index contributed by atoms with van der Waals surface area (Å²) in [5.74, 6) is 5.20. The van der Waals surface area contributed by atoms with Crippen molar-refractivity contribution in [3.8, 4) is 11.8 Å². The van der Waals surface area contributed by atoms with Crippen LogP contribution in [0.25, 0.3) is 0 Å². The molecule has 1 aliphatic rings. The van der Waals surface area contributed by atoms with Crippen molar-refractivity contribution in [3.05, 3.63) is 35.1 Å². The molecule has 0 aliphatic heterocycles. The zero-order chi connectivity index (χ0) is 15.2. The monoisotopic (exact) mass is 289 g/mol. The highest BCUT2D eigenvalue weighted by Gasteiger charge is 2.37. The number of carbonyl (C=O) groups is 1. The third-order valence-corrected chi connectivity index (χ3v) is 3.58. The molecule has 112 valence electrons. The van der Waals surface area contributed by atoms with Crippen molar-refractivity contribution >= 4 is 5.91 Å². The van der Waals surface area contributed by atoms with E-state index < -0.39 is 5.82 Å². The maximum atomic E-state index is 13.8. The number of halogens is 1. The van der Waals surface area contributed by atoms with Gasteiger partial charge in [0.05, 0.1) is 12.2 Å². The molecule has 2 atom stereocenters. The van der Waals surface area contributed by atoms with Gasteiger partial charge in [0.2, 0.25) is 0 Å². The first-order valence-electron chi connectivity index (χ1n) is 7.35. The SMILES string of the molecule is CCCC1CC1NC(=O)c1cc(C#CCCO)ccc1F. The Kier molecular flexibility index (Phi) is 5.35. The Morgan fingerprint density at radius 1 is 1.52 bits per heavy atom. The molecule has 1 fully saturated rings. The van der Waals surface area contributed by atoms with Gasteiger partial charge in [0.25, 0.3) is 5.91 Å². The first kappa shape index (κ1) is 15.5. The Morgan fingerprint density at radius 3 is 3.05 bits per heavy atom. The van der Waals surface area contributed by atoms with Gasteiger partial charge < -0.3 is 10.4 Å². The molecule has 2 N–H and O–H groups in total. The second kappa shape index (κ2) is 7.24. The highest BCUT2D eigenvalue weighted by Crippen LogP contribution is 2.34. The smallest absolute Gasteiger partial charge is 0.254 e. The number of rotatable bonds is 5. The molecule has 1 saturated carbocycles. The lowest BCUT2D eigenvalue weighted by Crippen LogP contribution is -2.27. The van der Waals surface area contributed by atoms with Crippen LogP contribution in [-0.2, 0) is 0 Å². The second-order valence-electron chi connectivity index (χ2n) is 5.33. The topological polar surface area (TPSA) is 49.3 Å². The van der Waals surface area contributed by atoms with Crippen LogP contribution in [0.2, 0.25) is 0 Å². The molecule has 2 rings (SSSR count). The fourth-order valence-electron chi connectivity index (χ4n) is 2.36. The zero-order valence-corrected chi connectivity index (χ0v) is 12.2. The van der Waals surface area contributed by atoms with Crippen LogP contribution in [0.4, 0.5) is 4.39 Å². The van der Waals surface area contributed by atoms with Gasteiger partial charge in [0.1, 0.15) is 5.82 Å². The van der Waals surface area contributed by atoms with Crippen molar-refractivity contribution in [1.29, 1.82) is 0 Å². The lowest BCUT2D eigenvalue weighted by molar-refractivity contribution is 0.0944. The number of aliphatic hydroxyl groups excluding tert-OH is 1. The van der Waals surface area contributed by atoms with Crippen molar-refractivity contribution in [3.63, 3.8) is 0 Å². The molecule has 1 amide bonds. The summed E-state index contributed by atoms with van der Waals surface area (Å²) in [6.45, 7) is 2.10. The molecule has 3 nitrogen and oxygen atoms in total. The minimum atomic E-state index is -0.534. The van der Waals surface area contributed by atoms with Crippen LogP contribution >= 0.6 is 0 Å². The van der Waals surface area contributed by atoms with E-state index in [0.717, 1.165) is 19.3 Å². The van der Waals surface area contributed by atoms with E-state index in [1.165, 1.54) is 18.2 Å². The van der Waals surface area contributed by atoms with Gasteiger partial charge in [-0.25, -0.2) is 4.39 Å². The van der Waals surface area contributed by atoms with Gasteiger partial charge in [0.15, 0.2) is 0 Å². The standard InChI is InChI=1S/C17H20FNO2/c1-2-5-13-11-16(13)19-17(21)14-10-12(6-3-4-9-20)7-8-15(14)18/h7-8,10,13,16,20H,2,4-5,9,11H2,1H3,(H,19,21). The summed E-state index contributed by atoms with van der Waals surface area (Å²) in [6.07, 6.45) is 3.54. The summed E-state index contributed by atoms with van der Waals surface area (Å²) < 4.78 is 13.8. The molecule has 0 spiro atoms. The maximum Gasteiger partial charge on any atom is 0.254 e. The maximum absolute atomic E-state index is 13.8. The molecule has 21 heavy (non-hydrogen) atoms. The summed E-state index contributed by atoms with van der Waals surface area (Å²) in [5.41, 5.74) is 0.615. The highest BCUT2D eigenvalue weighted by molar-refractivity contribution is 5.95. The summed E-state index contributed by atoms with van der Waals surface area (Å²) in [6, 6.07) is 4.44. The van der Waals surface area contributed by atoms with E-state index in [4.69, 9.17) is 5.11 Å². The Balaban J connectivity index is 2.03. The molecule has 0 saturated heterocycles. The molecule has 1 aromatic rings. The molecule has 4 heteroatoms. The molecular formula is C17H20FNO2. The third kappa shape index (κ3) is 4.30. The van der Waals surface area contributed by atoms with Crippen LogP contribution in [0.1, 0.15) is 48.5 Å². The fourth-order valence-corrected chi connectivity index (χ4v) is 2.36. The highest BCUT2D eigenvalue weighted by atomic mass is 19.1. The second-order valence-corrected chi connectivity index (χ2v) is 5.33. The first-order valence-corrected chi connectivity index (χ1v) is 7.35. The summed E-state index contributed by atoms with van der Waals surface area (Å²) in [4.78, 5) is 12.1. The Bertz CT molecular complexity index is 574. The number of aliphatic hydroxyl groups is 1. The van der Waals surface area contributed by atoms with Crippen molar-refractivity contribution in [1.82, 2.24) is 5.32 Å². The van der Waals surface area contributed by atoms with Crippen molar-refractivity contribution < 1.29 is 14.3 Å². The van der Waals surface area contributed by atoms with Crippen LogP contribution in [-0.4, -0.2) is 23.7 Å². The lowest BCUT2D eigenvalue weighted by Gasteiger charge is -2.06. The van der Waals surface area contributed by atoms with E-state index in [2.05, 4.69) is 24.1 Å². The molecule has 1 aliphatic carbocycles. The average Bonchev–Trinajstić information content (AvgIpc) is 3.19. The van der Waals surface area contributed by atoms with E-state index in [0.29, 0.717) is 17.9 Å². The van der Waals surface area contributed by atoms with Crippen LogP contribution in [0.5, 0.6) is 0 Å². The molecule has 0 heterocycles. The summed E-state index contributed by atoms with van der Waals surface area (Å²) in [7, 11) is 0. The van der Waals surface area contributed by atoms with Gasteiger partial charge in [-0.3, -0.25) is 4.79 Å². The number of hydrogen-bond acceptors (Lipinski definition) is 2. The van der Waals surface area contributed by atoms with E-state index >= 15 is 0 Å². The Labute approximate surface area is 124 Å². The van der Waals surface area contributed by atoms with Gasteiger partial charge in [-0.2, -0.15) is 0 Å². The van der Waals surface area contributed by atoms with E-state index in [9.17, 15) is 9.18 Å². The number of amides is 1. The summed E-state index contributed by atoms with van der Waals surface area (Å²) in [5, 5.41) is 11.6. The normalized spacial score (nSPS) is 19.6. The van der Waals surface area contributed by atoms with Gasteiger partial charge >= 0.3 is 0 Å². The van der Waals surface area contributed by atoms with Gasteiger partial charge in [0, 0.05) is 18.0 Å². The van der Waals surface area contributed by atoms with Crippen LogP contribution < -0.4 is 5.32 Å². The zero-order valence-electron chi connectivity index (χ0n) is 12.2. The molecule has 0 bridgehead atoms. The predicted molar refractivity (Wildman–Crippen MR) is 79.3 cm³/mol. The number of carbonyl (C=O) groups excluding carboxylic acids is 1. The minimum Gasteiger partial charge on any atom is -0.395 e. The van der Waals surface area contributed by atoms with E-state index in [-0.39, 0.29) is 24.1 Å². The van der Waals surface area contributed by atoms with Crippen LogP contribution in [0.3, 0.4) is 0 Å². The largest absolute Gasteiger partial charge is 0.395 e. The predicted octanol–water partition coefficient (Wildman–Crippen LogP) is 2.48. The number of nitrogens with one attached hydrogen (secondary N) is 1. The van der Waals surface area contributed by atoms with Crippen molar-refractivity contribution in [2.45, 2.75) is 38.6 Å². The molecular weight excluding hydrogens is 269 g/mol. The summed E-state index contributed by atoms with van der Waals surface area (Å²) >= 11 is 0. The van der Waals surface area contributed by atoms with Gasteiger partial charge in [-0.1, -0.05) is 25.2 Å². The van der Waals surface area contributed by atoms with E-state index in [1.807, 2.05) is 0 Å². The van der Waals surface area contributed by atoms with Gasteiger partial charge in [-0.15, -0.1) is 0 Å². The lowest BCUT2D eigenvalue weighted by atomic mass is 10.1. The first-order chi connectivity index (χ1) is 10.2. The van der Waals surface area contributed by atoms with Gasteiger partial charge in [-0.05, 0) is 37.0 Å².